The van der Waals surface area contributed by atoms with E-state index in [1.54, 1.807) is 6.07 Å². The molecule has 0 heterocycles. The van der Waals surface area contributed by atoms with Crippen molar-refractivity contribution in [3.63, 3.8) is 0 Å². The zero-order valence-electron chi connectivity index (χ0n) is 15.9. The van der Waals surface area contributed by atoms with Crippen LogP contribution in [0.15, 0.2) is 42.5 Å². The Balaban J connectivity index is 2.04. The van der Waals surface area contributed by atoms with Gasteiger partial charge in [-0.25, -0.2) is 0 Å². The molecule has 1 atom stereocenters. The fourth-order valence-electron chi connectivity index (χ4n) is 2.34. The van der Waals surface area contributed by atoms with Crippen molar-refractivity contribution >= 4 is 23.2 Å². The van der Waals surface area contributed by atoms with Gasteiger partial charge >= 0.3 is 6.18 Å². The van der Waals surface area contributed by atoms with Gasteiger partial charge in [-0.3, -0.25) is 19.7 Å². The summed E-state index contributed by atoms with van der Waals surface area (Å²) in [4.78, 5) is 34.7. The summed E-state index contributed by atoms with van der Waals surface area (Å²) in [5.74, 6) is -1.71. The molecule has 9 nitrogen and oxygen atoms in total. The number of carbonyl (C=O) groups is 2. The molecule has 2 amide bonds. The third-order valence-corrected chi connectivity index (χ3v) is 3.82. The summed E-state index contributed by atoms with van der Waals surface area (Å²) in [7, 11) is 0. The Morgan fingerprint density at radius 1 is 1.26 bits per heavy atom. The maximum absolute atomic E-state index is 12.3. The molecule has 12 heteroatoms. The molecule has 0 saturated carbocycles. The van der Waals surface area contributed by atoms with E-state index in [1.807, 2.05) is 0 Å². The summed E-state index contributed by atoms with van der Waals surface area (Å²) >= 11 is 0. The molecule has 0 saturated heterocycles. The van der Waals surface area contributed by atoms with Gasteiger partial charge in [-0.1, -0.05) is 6.07 Å². The highest BCUT2D eigenvalue weighted by molar-refractivity contribution is 6.01. The number of nitrogens with one attached hydrogen (secondary N) is 2. The van der Waals surface area contributed by atoms with Crippen LogP contribution < -0.4 is 15.4 Å². The van der Waals surface area contributed by atoms with Crippen molar-refractivity contribution in [2.24, 2.45) is 0 Å². The van der Waals surface area contributed by atoms with Crippen LogP contribution in [0, 0.1) is 21.4 Å². The largest absolute Gasteiger partial charge is 0.483 e. The van der Waals surface area contributed by atoms with Crippen LogP contribution in [0.3, 0.4) is 0 Å². The monoisotopic (exact) mass is 436 g/mol. The Kier molecular flexibility index (Phi) is 7.15. The van der Waals surface area contributed by atoms with Crippen LogP contribution in [0.2, 0.25) is 0 Å². The maximum atomic E-state index is 12.3. The number of alkyl halides is 3. The molecule has 0 aliphatic rings. The number of hydrogen-bond donors (Lipinski definition) is 2. The molecule has 162 valence electrons. The van der Waals surface area contributed by atoms with Crippen LogP contribution >= 0.6 is 0 Å². The molecule has 2 aromatic rings. The molecule has 0 aromatic heterocycles. The van der Waals surface area contributed by atoms with Gasteiger partial charge in [-0.2, -0.15) is 18.4 Å². The average molecular weight is 436 g/mol. The zero-order valence-corrected chi connectivity index (χ0v) is 15.9. The highest BCUT2D eigenvalue weighted by Crippen LogP contribution is 2.25. The molecular formula is C19H15F3N4O5. The van der Waals surface area contributed by atoms with Crippen LogP contribution in [0.25, 0.3) is 0 Å². The first-order chi connectivity index (χ1) is 14.5. The molecule has 2 aromatic carbocycles. The first kappa shape index (κ1) is 23.1. The summed E-state index contributed by atoms with van der Waals surface area (Å²) in [6.07, 6.45) is -4.58. The number of nitro benzene ring substituents is 1. The number of benzene rings is 2. The quantitative estimate of drug-likeness (QED) is 0.506. The van der Waals surface area contributed by atoms with Gasteiger partial charge in [-0.05, 0) is 31.2 Å². The van der Waals surface area contributed by atoms with Crippen molar-refractivity contribution < 1.29 is 32.4 Å². The predicted molar refractivity (Wildman–Crippen MR) is 101 cm³/mol. The van der Waals surface area contributed by atoms with Gasteiger partial charge in [0.2, 0.25) is 5.91 Å². The van der Waals surface area contributed by atoms with Crippen molar-refractivity contribution in [3.8, 4) is 11.8 Å². The van der Waals surface area contributed by atoms with E-state index in [1.165, 1.54) is 31.2 Å². The van der Waals surface area contributed by atoms with Crippen LogP contribution in [0.4, 0.5) is 24.5 Å². The fourth-order valence-corrected chi connectivity index (χ4v) is 2.34. The zero-order chi connectivity index (χ0) is 23.2. The Morgan fingerprint density at radius 3 is 2.58 bits per heavy atom. The summed E-state index contributed by atoms with van der Waals surface area (Å²) in [6.45, 7) is -0.218. The molecule has 31 heavy (non-hydrogen) atoms. The summed E-state index contributed by atoms with van der Waals surface area (Å²) in [5, 5.41) is 24.7. The van der Waals surface area contributed by atoms with Crippen molar-refractivity contribution in [3.05, 3.63) is 63.7 Å². The Hall–Kier alpha value is -4.14. The number of halogens is 3. The van der Waals surface area contributed by atoms with E-state index in [4.69, 9.17) is 5.26 Å². The summed E-state index contributed by atoms with van der Waals surface area (Å²) in [5.41, 5.74) is -0.443. The molecule has 0 aliphatic carbocycles. The third-order valence-electron chi connectivity index (χ3n) is 3.82. The van der Waals surface area contributed by atoms with E-state index >= 15 is 0 Å². The van der Waals surface area contributed by atoms with Crippen molar-refractivity contribution in [2.75, 3.05) is 11.9 Å². The Morgan fingerprint density at radius 2 is 1.97 bits per heavy atom. The number of ether oxygens (including phenoxy) is 1. The Labute approximate surface area is 173 Å². The predicted octanol–water partition coefficient (Wildman–Crippen LogP) is 3.16. The molecule has 1 unspecified atom stereocenters. The average Bonchev–Trinajstić information content (AvgIpc) is 2.71. The van der Waals surface area contributed by atoms with Crippen molar-refractivity contribution in [1.82, 2.24) is 5.32 Å². The van der Waals surface area contributed by atoms with Crippen LogP contribution in [0.1, 0.15) is 22.8 Å². The maximum Gasteiger partial charge on any atom is 0.422 e. The molecule has 0 bridgehead atoms. The van der Waals surface area contributed by atoms with Crippen LogP contribution in [-0.2, 0) is 4.79 Å². The lowest BCUT2D eigenvalue weighted by Gasteiger charge is -2.15. The standard InChI is InChI=1S/C19H15F3N4O5/c1-11(24-18(28)12-3-2-4-15(8-12)26(29)30)17(27)25-14-5-6-16(13(7-14)9-23)31-10-19(20,21)22/h2-8,11H,10H2,1H3,(H,24,28)(H,25,27). The van der Waals surface area contributed by atoms with Gasteiger partial charge in [0.25, 0.3) is 11.6 Å². The summed E-state index contributed by atoms with van der Waals surface area (Å²) < 4.78 is 41.4. The Bertz CT molecular complexity index is 1050. The van der Waals surface area contributed by atoms with Gasteiger partial charge in [0.05, 0.1) is 10.5 Å². The topological polar surface area (TPSA) is 134 Å². The second kappa shape index (κ2) is 9.57. The molecule has 0 radical (unpaired) electrons. The van der Waals surface area contributed by atoms with Crippen LogP contribution in [-0.4, -0.2) is 35.6 Å². The van der Waals surface area contributed by atoms with Crippen molar-refractivity contribution in [1.29, 1.82) is 5.26 Å². The minimum absolute atomic E-state index is 0.0215. The van der Waals surface area contributed by atoms with Gasteiger partial charge in [0.15, 0.2) is 6.61 Å². The van der Waals surface area contributed by atoms with E-state index in [9.17, 15) is 32.9 Å². The molecule has 0 spiro atoms. The first-order valence-electron chi connectivity index (χ1n) is 8.60. The molecule has 0 aliphatic heterocycles. The lowest BCUT2D eigenvalue weighted by atomic mass is 10.1. The number of nitrogens with zero attached hydrogens (tertiary/aromatic N) is 2. The first-order valence-corrected chi connectivity index (χ1v) is 8.60. The molecular weight excluding hydrogens is 421 g/mol. The second-order valence-electron chi connectivity index (χ2n) is 6.22. The van der Waals surface area contributed by atoms with E-state index in [2.05, 4.69) is 15.4 Å². The number of non-ortho nitro benzene ring substituents is 1. The van der Waals surface area contributed by atoms with Gasteiger partial charge in [-0.15, -0.1) is 0 Å². The van der Waals surface area contributed by atoms with E-state index in [-0.39, 0.29) is 28.3 Å². The van der Waals surface area contributed by atoms with E-state index < -0.39 is 35.6 Å². The number of rotatable bonds is 7. The third kappa shape index (κ3) is 6.70. The highest BCUT2D eigenvalue weighted by atomic mass is 19.4. The molecule has 2 rings (SSSR count). The molecule has 2 N–H and O–H groups in total. The lowest BCUT2D eigenvalue weighted by Crippen LogP contribution is -2.41. The number of anilines is 1. The molecule has 0 fully saturated rings. The summed E-state index contributed by atoms with van der Waals surface area (Å²) in [6, 6.07) is 8.99. The van der Waals surface area contributed by atoms with Gasteiger partial charge in [0.1, 0.15) is 17.9 Å². The van der Waals surface area contributed by atoms with E-state index in [0.29, 0.717) is 0 Å². The van der Waals surface area contributed by atoms with E-state index in [0.717, 1.165) is 18.2 Å². The van der Waals surface area contributed by atoms with Crippen LogP contribution in [0.5, 0.6) is 5.75 Å². The minimum Gasteiger partial charge on any atom is -0.483 e. The highest BCUT2D eigenvalue weighted by Gasteiger charge is 2.29. The lowest BCUT2D eigenvalue weighted by molar-refractivity contribution is -0.384. The van der Waals surface area contributed by atoms with Gasteiger partial charge < -0.3 is 15.4 Å². The number of nitriles is 1. The van der Waals surface area contributed by atoms with Gasteiger partial charge in [0, 0.05) is 23.4 Å². The number of carbonyl (C=O) groups excluding carboxylic acids is 2. The number of hydrogen-bond acceptors (Lipinski definition) is 6. The minimum atomic E-state index is -4.58. The van der Waals surface area contributed by atoms with Crippen molar-refractivity contribution in [2.45, 2.75) is 19.1 Å². The number of amides is 2. The smallest absolute Gasteiger partial charge is 0.422 e. The normalized spacial score (nSPS) is 11.7. The SMILES string of the molecule is CC(NC(=O)c1cccc([N+](=O)[O-])c1)C(=O)Nc1ccc(OCC(F)(F)F)c(C#N)c1. The second-order valence-corrected chi connectivity index (χ2v) is 6.22. The fraction of sp³-hybridized carbons (Fsp3) is 0.211. The number of nitro groups is 1.